The maximum Gasteiger partial charge on any atom is 0.235 e. The summed E-state index contributed by atoms with van der Waals surface area (Å²) >= 11 is 0. The van der Waals surface area contributed by atoms with Gasteiger partial charge in [0.15, 0.2) is 0 Å². The van der Waals surface area contributed by atoms with E-state index in [-0.39, 0.29) is 24.3 Å². The fourth-order valence-corrected chi connectivity index (χ4v) is 4.03. The normalized spacial score (nSPS) is 16.9. The van der Waals surface area contributed by atoms with Gasteiger partial charge in [0.2, 0.25) is 5.91 Å². The molecule has 1 aliphatic rings. The zero-order chi connectivity index (χ0) is 20.0. The Labute approximate surface area is 166 Å². The van der Waals surface area contributed by atoms with Gasteiger partial charge in [-0.1, -0.05) is 61.7 Å². The minimum absolute atomic E-state index is 0.153. The molecule has 4 nitrogen and oxygen atoms in total. The first-order valence-electron chi connectivity index (χ1n) is 9.76. The van der Waals surface area contributed by atoms with Crippen molar-refractivity contribution < 1.29 is 9.18 Å². The lowest BCUT2D eigenvalue weighted by atomic mass is 9.83. The number of nitriles is 1. The molecule has 1 unspecified atom stereocenters. The van der Waals surface area contributed by atoms with Gasteiger partial charge in [0.1, 0.15) is 11.4 Å². The maximum atomic E-state index is 13.4. The van der Waals surface area contributed by atoms with E-state index in [0.29, 0.717) is 12.8 Å². The molecule has 1 amide bonds. The van der Waals surface area contributed by atoms with E-state index < -0.39 is 5.54 Å². The SMILES string of the molecule is CN(CC(=O)NC1(C#N)CCCCC1)C(c1ccccc1)c1ccc(F)cc1. The van der Waals surface area contributed by atoms with Gasteiger partial charge in [0.05, 0.1) is 18.7 Å². The van der Waals surface area contributed by atoms with Crippen LogP contribution in [0.5, 0.6) is 0 Å². The summed E-state index contributed by atoms with van der Waals surface area (Å²) in [6.07, 6.45) is 4.45. The molecule has 1 aliphatic carbocycles. The van der Waals surface area contributed by atoms with Gasteiger partial charge in [0, 0.05) is 0 Å². The Morgan fingerprint density at radius 3 is 2.32 bits per heavy atom. The summed E-state index contributed by atoms with van der Waals surface area (Å²) in [5.41, 5.74) is 1.20. The Bertz CT molecular complexity index is 823. The van der Waals surface area contributed by atoms with Crippen molar-refractivity contribution >= 4 is 5.91 Å². The average Bonchev–Trinajstić information content (AvgIpc) is 2.71. The van der Waals surface area contributed by atoms with Crippen LogP contribution < -0.4 is 5.32 Å². The lowest BCUT2D eigenvalue weighted by Crippen LogP contribution is -2.51. The first kappa shape index (κ1) is 20.0. The van der Waals surface area contributed by atoms with E-state index in [4.69, 9.17) is 0 Å². The van der Waals surface area contributed by atoms with Gasteiger partial charge in [-0.2, -0.15) is 5.26 Å². The Hall–Kier alpha value is -2.71. The average molecular weight is 379 g/mol. The molecule has 1 atom stereocenters. The van der Waals surface area contributed by atoms with E-state index in [1.54, 1.807) is 12.1 Å². The summed E-state index contributed by atoms with van der Waals surface area (Å²) in [7, 11) is 1.88. The summed E-state index contributed by atoms with van der Waals surface area (Å²) < 4.78 is 13.4. The van der Waals surface area contributed by atoms with Crippen LogP contribution >= 0.6 is 0 Å². The zero-order valence-electron chi connectivity index (χ0n) is 16.2. The van der Waals surface area contributed by atoms with E-state index >= 15 is 0 Å². The van der Waals surface area contributed by atoms with Crippen LogP contribution in [0.15, 0.2) is 54.6 Å². The van der Waals surface area contributed by atoms with Gasteiger partial charge in [-0.15, -0.1) is 0 Å². The van der Waals surface area contributed by atoms with Crippen molar-refractivity contribution in [3.63, 3.8) is 0 Å². The lowest BCUT2D eigenvalue weighted by molar-refractivity contribution is -0.124. The monoisotopic (exact) mass is 379 g/mol. The second kappa shape index (κ2) is 8.99. The zero-order valence-corrected chi connectivity index (χ0v) is 16.2. The van der Waals surface area contributed by atoms with Crippen molar-refractivity contribution in [3.8, 4) is 6.07 Å². The third-order valence-electron chi connectivity index (χ3n) is 5.43. The molecule has 0 spiro atoms. The third kappa shape index (κ3) is 4.76. The van der Waals surface area contributed by atoms with Gasteiger partial charge in [0.25, 0.3) is 0 Å². The number of carbonyl (C=O) groups excluding carboxylic acids is 1. The number of carbonyl (C=O) groups is 1. The number of hydrogen-bond acceptors (Lipinski definition) is 3. The van der Waals surface area contributed by atoms with Crippen LogP contribution in [0.2, 0.25) is 0 Å². The highest BCUT2D eigenvalue weighted by Gasteiger charge is 2.34. The van der Waals surface area contributed by atoms with Crippen molar-refractivity contribution in [1.29, 1.82) is 5.26 Å². The van der Waals surface area contributed by atoms with Gasteiger partial charge >= 0.3 is 0 Å². The van der Waals surface area contributed by atoms with E-state index in [1.807, 2.05) is 42.3 Å². The molecule has 1 N–H and O–H groups in total. The summed E-state index contributed by atoms with van der Waals surface area (Å²) in [6.45, 7) is 0.153. The van der Waals surface area contributed by atoms with Gasteiger partial charge in [-0.05, 0) is 43.1 Å². The highest BCUT2D eigenvalue weighted by molar-refractivity contribution is 5.79. The van der Waals surface area contributed by atoms with Gasteiger partial charge < -0.3 is 5.32 Å². The fraction of sp³-hybridized carbons (Fsp3) is 0.391. The largest absolute Gasteiger partial charge is 0.337 e. The molecule has 0 radical (unpaired) electrons. The molecule has 0 heterocycles. The van der Waals surface area contributed by atoms with Crippen molar-refractivity contribution in [2.24, 2.45) is 0 Å². The summed E-state index contributed by atoms with van der Waals surface area (Å²) in [4.78, 5) is 14.7. The Balaban J connectivity index is 1.77. The molecular weight excluding hydrogens is 353 g/mol. The van der Waals surface area contributed by atoms with Crippen LogP contribution in [0.1, 0.15) is 49.3 Å². The summed E-state index contributed by atoms with van der Waals surface area (Å²) in [5.74, 6) is -0.446. The molecule has 3 rings (SSSR count). The van der Waals surface area contributed by atoms with Crippen LogP contribution in [-0.2, 0) is 4.79 Å². The van der Waals surface area contributed by atoms with Crippen LogP contribution in [-0.4, -0.2) is 29.9 Å². The molecule has 2 aromatic rings. The first-order valence-corrected chi connectivity index (χ1v) is 9.76. The number of hydrogen-bond donors (Lipinski definition) is 1. The molecule has 0 aromatic heterocycles. The van der Waals surface area contributed by atoms with Gasteiger partial charge in [-0.25, -0.2) is 4.39 Å². The molecule has 28 heavy (non-hydrogen) atoms. The minimum atomic E-state index is -0.742. The second-order valence-electron chi connectivity index (χ2n) is 7.58. The van der Waals surface area contributed by atoms with E-state index in [9.17, 15) is 14.4 Å². The molecule has 146 valence electrons. The molecule has 0 aliphatic heterocycles. The Morgan fingerprint density at radius 1 is 1.11 bits per heavy atom. The quantitative estimate of drug-likeness (QED) is 0.819. The molecule has 5 heteroatoms. The van der Waals surface area contributed by atoms with Crippen LogP contribution in [0, 0.1) is 17.1 Å². The molecular formula is C23H26FN3O. The maximum absolute atomic E-state index is 13.4. The number of nitrogens with one attached hydrogen (secondary N) is 1. The summed E-state index contributed by atoms with van der Waals surface area (Å²) in [6, 6.07) is 18.4. The number of rotatable bonds is 6. The van der Waals surface area contributed by atoms with Crippen LogP contribution in [0.25, 0.3) is 0 Å². The van der Waals surface area contributed by atoms with Crippen molar-refractivity contribution in [2.75, 3.05) is 13.6 Å². The minimum Gasteiger partial charge on any atom is -0.337 e. The lowest BCUT2D eigenvalue weighted by Gasteiger charge is -2.33. The molecule has 1 saturated carbocycles. The first-order chi connectivity index (χ1) is 13.5. The smallest absolute Gasteiger partial charge is 0.235 e. The number of amides is 1. The number of nitrogens with zero attached hydrogens (tertiary/aromatic N) is 2. The van der Waals surface area contributed by atoms with Crippen molar-refractivity contribution in [1.82, 2.24) is 10.2 Å². The topological polar surface area (TPSA) is 56.1 Å². The van der Waals surface area contributed by atoms with Crippen LogP contribution in [0.3, 0.4) is 0 Å². The highest BCUT2D eigenvalue weighted by atomic mass is 19.1. The van der Waals surface area contributed by atoms with Crippen molar-refractivity contribution in [3.05, 3.63) is 71.5 Å². The van der Waals surface area contributed by atoms with Crippen molar-refractivity contribution in [2.45, 2.75) is 43.7 Å². The molecule has 0 saturated heterocycles. The number of benzene rings is 2. The Morgan fingerprint density at radius 2 is 1.71 bits per heavy atom. The van der Waals surface area contributed by atoms with E-state index in [1.165, 1.54) is 12.1 Å². The number of halogens is 1. The van der Waals surface area contributed by atoms with E-state index in [0.717, 1.165) is 30.4 Å². The predicted molar refractivity (Wildman–Crippen MR) is 107 cm³/mol. The summed E-state index contributed by atoms with van der Waals surface area (Å²) in [5, 5.41) is 12.6. The highest BCUT2D eigenvalue weighted by Crippen LogP contribution is 2.29. The predicted octanol–water partition coefficient (Wildman–Crippen LogP) is 4.19. The fourth-order valence-electron chi connectivity index (χ4n) is 4.03. The second-order valence-corrected chi connectivity index (χ2v) is 7.58. The van der Waals surface area contributed by atoms with Crippen LogP contribution in [0.4, 0.5) is 4.39 Å². The third-order valence-corrected chi connectivity index (χ3v) is 5.43. The molecule has 0 bridgehead atoms. The Kier molecular flexibility index (Phi) is 6.43. The molecule has 1 fully saturated rings. The standard InChI is InChI=1S/C23H26FN3O/c1-27(16-21(28)26-23(17-25)14-6-3-7-15-23)22(18-8-4-2-5-9-18)19-10-12-20(24)13-11-19/h2,4-5,8-13,22H,3,6-7,14-16H2,1H3,(H,26,28). The van der Waals surface area contributed by atoms with Gasteiger partial charge in [-0.3, -0.25) is 9.69 Å². The number of likely N-dealkylation sites (N-methyl/N-ethyl adjacent to an activating group) is 1. The van der Waals surface area contributed by atoms with E-state index in [2.05, 4.69) is 11.4 Å². The molecule has 2 aromatic carbocycles.